The Balaban J connectivity index is 1.59. The number of carbonyl (C=O) groups is 2. The Hall–Kier alpha value is -3.70. The second-order valence-corrected chi connectivity index (χ2v) is 11.6. The molecule has 1 aliphatic heterocycles. The Labute approximate surface area is 231 Å². The third-order valence-corrected chi connectivity index (χ3v) is 8.50. The van der Waals surface area contributed by atoms with Crippen molar-refractivity contribution in [3.8, 4) is 0 Å². The van der Waals surface area contributed by atoms with Crippen molar-refractivity contribution in [1.82, 2.24) is 4.98 Å². The molecule has 1 saturated heterocycles. The first kappa shape index (κ1) is 25.9. The number of aliphatic hydroxyl groups excluding tert-OH is 1. The number of carbonyl (C=O) groups excluding carboxylic acids is 2. The number of hydrogen-bond acceptors (Lipinski definition) is 7. The van der Waals surface area contributed by atoms with Crippen LogP contribution in [-0.2, 0) is 19.6 Å². The van der Waals surface area contributed by atoms with Crippen LogP contribution >= 0.6 is 34.5 Å². The molecule has 38 heavy (non-hydrogen) atoms. The Bertz CT molecular complexity index is 1650. The second-order valence-electron chi connectivity index (χ2n) is 8.16. The van der Waals surface area contributed by atoms with Crippen LogP contribution in [0.2, 0.25) is 10.0 Å². The zero-order valence-corrected chi connectivity index (χ0v) is 22.4. The van der Waals surface area contributed by atoms with E-state index >= 15 is 0 Å². The summed E-state index contributed by atoms with van der Waals surface area (Å²) < 4.78 is 27.9. The molecule has 2 heterocycles. The number of ketones is 1. The third kappa shape index (κ3) is 4.91. The Morgan fingerprint density at radius 2 is 1.53 bits per heavy atom. The van der Waals surface area contributed by atoms with Crippen molar-refractivity contribution in [2.75, 3.05) is 9.62 Å². The fraction of sp³-hybridized carbons (Fsp3) is 0.0385. The van der Waals surface area contributed by atoms with Gasteiger partial charge in [-0.15, -0.1) is 11.3 Å². The molecule has 1 aliphatic rings. The highest BCUT2D eigenvalue weighted by Gasteiger charge is 2.47. The van der Waals surface area contributed by atoms with Gasteiger partial charge in [-0.25, -0.2) is 13.4 Å². The van der Waals surface area contributed by atoms with Crippen LogP contribution in [0.5, 0.6) is 0 Å². The first-order valence-corrected chi connectivity index (χ1v) is 14.1. The van der Waals surface area contributed by atoms with E-state index in [9.17, 15) is 23.1 Å². The summed E-state index contributed by atoms with van der Waals surface area (Å²) in [4.78, 5) is 31.6. The smallest absolute Gasteiger partial charge is 0.300 e. The van der Waals surface area contributed by atoms with E-state index in [2.05, 4.69) is 9.71 Å². The van der Waals surface area contributed by atoms with E-state index < -0.39 is 27.8 Å². The van der Waals surface area contributed by atoms with Crippen LogP contribution in [0.1, 0.15) is 17.2 Å². The lowest BCUT2D eigenvalue weighted by Gasteiger charge is -2.25. The van der Waals surface area contributed by atoms with Gasteiger partial charge in [-0.05, 0) is 66.2 Å². The standard InChI is InChI=1S/C26H17Cl2N3O5S2/c27-17-5-1-15(2-6-17)22-21(23(32)16-3-7-18(28)8-4-16)24(33)25(34)31(22)19-9-11-20(12-10-19)38(35,36)30-26-29-13-14-37-26/h1-14,22,32H,(H,29,30)/b23-21+. The summed E-state index contributed by atoms with van der Waals surface area (Å²) in [5, 5.41) is 13.9. The minimum absolute atomic E-state index is 0.0581. The fourth-order valence-corrected chi connectivity index (χ4v) is 6.10. The molecule has 192 valence electrons. The molecule has 8 nitrogen and oxygen atoms in total. The highest BCUT2D eigenvalue weighted by molar-refractivity contribution is 7.93. The number of sulfonamides is 1. The number of anilines is 2. The number of nitrogens with one attached hydrogen (secondary N) is 1. The van der Waals surface area contributed by atoms with Gasteiger partial charge in [0.1, 0.15) is 5.76 Å². The number of Topliss-reactive ketones (excluding diaryl/α,β-unsaturated/α-hetero) is 1. The summed E-state index contributed by atoms with van der Waals surface area (Å²) in [6.07, 6.45) is 1.48. The van der Waals surface area contributed by atoms with Crippen LogP contribution in [-0.4, -0.2) is 30.2 Å². The average molecular weight is 586 g/mol. The van der Waals surface area contributed by atoms with E-state index in [-0.39, 0.29) is 27.0 Å². The minimum Gasteiger partial charge on any atom is -0.507 e. The molecule has 3 aromatic carbocycles. The SMILES string of the molecule is O=C1C(=O)N(c2ccc(S(=O)(=O)Nc3nccs3)cc2)C(c2ccc(Cl)cc2)/C1=C(\O)c1ccc(Cl)cc1. The first-order valence-electron chi connectivity index (χ1n) is 11.0. The zero-order valence-electron chi connectivity index (χ0n) is 19.2. The van der Waals surface area contributed by atoms with E-state index in [4.69, 9.17) is 23.2 Å². The Kier molecular flexibility index (Phi) is 6.97. The second kappa shape index (κ2) is 10.2. The average Bonchev–Trinajstić information content (AvgIpc) is 3.50. The molecule has 0 bridgehead atoms. The molecule has 1 unspecified atom stereocenters. The van der Waals surface area contributed by atoms with Gasteiger partial charge in [-0.3, -0.25) is 19.2 Å². The van der Waals surface area contributed by atoms with Crippen LogP contribution in [0.25, 0.3) is 5.76 Å². The van der Waals surface area contributed by atoms with Crippen molar-refractivity contribution in [3.63, 3.8) is 0 Å². The van der Waals surface area contributed by atoms with Crippen LogP contribution in [0.4, 0.5) is 10.8 Å². The van der Waals surface area contributed by atoms with Crippen LogP contribution in [0.15, 0.2) is 94.8 Å². The normalized spacial score (nSPS) is 17.1. The molecule has 1 aromatic heterocycles. The Morgan fingerprint density at radius 1 is 0.921 bits per heavy atom. The summed E-state index contributed by atoms with van der Waals surface area (Å²) in [5.41, 5.74) is 0.962. The topological polar surface area (TPSA) is 117 Å². The number of aliphatic hydroxyl groups is 1. The van der Waals surface area contributed by atoms with Crippen LogP contribution in [0, 0.1) is 0 Å². The van der Waals surface area contributed by atoms with Crippen molar-refractivity contribution in [2.45, 2.75) is 10.9 Å². The molecule has 5 rings (SSSR count). The van der Waals surface area contributed by atoms with Crippen molar-refractivity contribution in [2.24, 2.45) is 0 Å². The van der Waals surface area contributed by atoms with Gasteiger partial charge in [0.05, 0.1) is 16.5 Å². The van der Waals surface area contributed by atoms with Crippen molar-refractivity contribution in [1.29, 1.82) is 0 Å². The largest absolute Gasteiger partial charge is 0.507 e. The number of thiazole rings is 1. The highest BCUT2D eigenvalue weighted by Crippen LogP contribution is 2.42. The predicted octanol–water partition coefficient (Wildman–Crippen LogP) is 5.88. The molecule has 0 spiro atoms. The molecule has 1 fully saturated rings. The lowest BCUT2D eigenvalue weighted by molar-refractivity contribution is -0.132. The lowest BCUT2D eigenvalue weighted by Crippen LogP contribution is -2.29. The summed E-state index contributed by atoms with van der Waals surface area (Å²) in [6.45, 7) is 0. The van der Waals surface area contributed by atoms with Gasteiger partial charge >= 0.3 is 0 Å². The van der Waals surface area contributed by atoms with Crippen LogP contribution < -0.4 is 9.62 Å². The van der Waals surface area contributed by atoms with Gasteiger partial charge in [0.2, 0.25) is 0 Å². The molecule has 2 N–H and O–H groups in total. The third-order valence-electron chi connectivity index (χ3n) is 5.83. The number of nitrogens with zero attached hydrogens (tertiary/aromatic N) is 2. The van der Waals surface area contributed by atoms with Crippen LogP contribution in [0.3, 0.4) is 0 Å². The Morgan fingerprint density at radius 3 is 2.11 bits per heavy atom. The number of amides is 1. The monoisotopic (exact) mass is 585 g/mol. The lowest BCUT2D eigenvalue weighted by atomic mass is 9.95. The minimum atomic E-state index is -3.93. The van der Waals surface area contributed by atoms with E-state index in [1.165, 1.54) is 35.4 Å². The molecule has 1 atom stereocenters. The van der Waals surface area contributed by atoms with Gasteiger partial charge in [-0.1, -0.05) is 35.3 Å². The summed E-state index contributed by atoms with van der Waals surface area (Å²) >= 11 is 13.2. The fourth-order valence-electron chi connectivity index (χ4n) is 4.06. The maximum absolute atomic E-state index is 13.3. The van der Waals surface area contributed by atoms with Gasteiger partial charge < -0.3 is 5.11 Å². The molecular weight excluding hydrogens is 569 g/mol. The number of rotatable bonds is 6. The molecule has 12 heteroatoms. The molecule has 0 saturated carbocycles. The van der Waals surface area contributed by atoms with Crippen molar-refractivity contribution >= 4 is 72.8 Å². The van der Waals surface area contributed by atoms with Gasteiger partial charge in [0.15, 0.2) is 5.13 Å². The van der Waals surface area contributed by atoms with E-state index in [0.29, 0.717) is 21.2 Å². The van der Waals surface area contributed by atoms with Crippen molar-refractivity contribution in [3.05, 3.63) is 111 Å². The predicted molar refractivity (Wildman–Crippen MR) is 147 cm³/mol. The summed E-state index contributed by atoms with van der Waals surface area (Å²) in [6, 6.07) is 17.2. The number of benzene rings is 3. The van der Waals surface area contributed by atoms with Gasteiger partial charge in [0, 0.05) is 32.9 Å². The quantitative estimate of drug-likeness (QED) is 0.166. The van der Waals surface area contributed by atoms with Gasteiger partial charge in [-0.2, -0.15) is 0 Å². The maximum Gasteiger partial charge on any atom is 0.300 e. The number of halogens is 2. The molecule has 0 aliphatic carbocycles. The van der Waals surface area contributed by atoms with Crippen molar-refractivity contribution < 1.29 is 23.1 Å². The maximum atomic E-state index is 13.3. The molecule has 0 radical (unpaired) electrons. The molecule has 4 aromatic rings. The first-order chi connectivity index (χ1) is 18.2. The highest BCUT2D eigenvalue weighted by atomic mass is 35.5. The number of aromatic nitrogens is 1. The van der Waals surface area contributed by atoms with E-state index in [1.54, 1.807) is 53.9 Å². The zero-order chi connectivity index (χ0) is 27.0. The van der Waals surface area contributed by atoms with E-state index in [0.717, 1.165) is 11.3 Å². The summed E-state index contributed by atoms with van der Waals surface area (Å²) in [7, 11) is -3.93. The molecular formula is C26H17Cl2N3O5S2. The van der Waals surface area contributed by atoms with E-state index in [1.807, 2.05) is 0 Å². The number of hydrogen-bond donors (Lipinski definition) is 2. The van der Waals surface area contributed by atoms with Gasteiger partial charge in [0.25, 0.3) is 21.7 Å². The molecule has 1 amide bonds. The summed E-state index contributed by atoms with van der Waals surface area (Å²) in [5.74, 6) is -2.13.